The van der Waals surface area contributed by atoms with E-state index >= 15 is 0 Å². The van der Waals surface area contributed by atoms with Crippen LogP contribution in [0.4, 0.5) is 4.39 Å². The van der Waals surface area contributed by atoms with E-state index in [4.69, 9.17) is 5.73 Å². The van der Waals surface area contributed by atoms with Gasteiger partial charge in [0.2, 0.25) is 0 Å². The van der Waals surface area contributed by atoms with E-state index in [9.17, 15) is 14.3 Å². The maximum absolute atomic E-state index is 13.1. The van der Waals surface area contributed by atoms with Crippen LogP contribution in [0.5, 0.6) is 5.75 Å². The number of phenolic OH excluding ortho intramolecular Hbond substituents is 1. The molecule has 1 rings (SSSR count). The van der Waals surface area contributed by atoms with E-state index in [-0.39, 0.29) is 24.4 Å². The molecule has 0 aliphatic heterocycles. The van der Waals surface area contributed by atoms with Crippen molar-refractivity contribution in [1.82, 2.24) is 5.32 Å². The molecule has 0 aliphatic rings. The molecular weight excluding hydrogens is 187 g/mol. The van der Waals surface area contributed by atoms with Crippen LogP contribution in [0, 0.1) is 5.82 Å². The number of carbonyl (C=O) groups is 1. The molecule has 1 aromatic carbocycles. The van der Waals surface area contributed by atoms with Crippen molar-refractivity contribution in [3.63, 3.8) is 0 Å². The van der Waals surface area contributed by atoms with Crippen molar-refractivity contribution in [1.29, 1.82) is 0 Å². The van der Waals surface area contributed by atoms with Gasteiger partial charge in [-0.1, -0.05) is 6.07 Å². The van der Waals surface area contributed by atoms with Gasteiger partial charge in [0.15, 0.2) is 0 Å². The van der Waals surface area contributed by atoms with Crippen LogP contribution in [-0.2, 0) is 0 Å². The Labute approximate surface area is 80.5 Å². The SMILES string of the molecule is NCCNC(=O)c1c(O)cccc1F. The molecule has 76 valence electrons. The summed E-state index contributed by atoms with van der Waals surface area (Å²) in [6.45, 7) is 0.508. The normalized spacial score (nSPS) is 9.86. The molecule has 14 heavy (non-hydrogen) atoms. The van der Waals surface area contributed by atoms with Crippen molar-refractivity contribution < 1.29 is 14.3 Å². The third kappa shape index (κ3) is 2.20. The summed E-state index contributed by atoms with van der Waals surface area (Å²) in [4.78, 5) is 11.3. The van der Waals surface area contributed by atoms with Gasteiger partial charge in [0.25, 0.3) is 5.91 Å². The molecule has 0 unspecified atom stereocenters. The first kappa shape index (κ1) is 10.5. The second-order valence-corrected chi connectivity index (χ2v) is 2.68. The minimum Gasteiger partial charge on any atom is -0.507 e. The number of phenols is 1. The van der Waals surface area contributed by atoms with Gasteiger partial charge in [-0.15, -0.1) is 0 Å². The van der Waals surface area contributed by atoms with Crippen LogP contribution in [0.3, 0.4) is 0 Å². The van der Waals surface area contributed by atoms with E-state index in [1.165, 1.54) is 12.1 Å². The predicted octanol–water partition coefficient (Wildman–Crippen LogP) is 0.220. The second kappa shape index (κ2) is 4.57. The van der Waals surface area contributed by atoms with Crippen molar-refractivity contribution in [2.75, 3.05) is 13.1 Å². The van der Waals surface area contributed by atoms with E-state index in [1.807, 2.05) is 0 Å². The first-order valence-electron chi connectivity index (χ1n) is 4.12. The quantitative estimate of drug-likeness (QED) is 0.650. The smallest absolute Gasteiger partial charge is 0.258 e. The Bertz CT molecular complexity index is 321. The van der Waals surface area contributed by atoms with Crippen molar-refractivity contribution in [2.24, 2.45) is 5.73 Å². The highest BCUT2D eigenvalue weighted by molar-refractivity contribution is 5.97. The molecule has 1 amide bonds. The maximum atomic E-state index is 13.1. The summed E-state index contributed by atoms with van der Waals surface area (Å²) in [5.41, 5.74) is 4.81. The third-order valence-corrected chi connectivity index (χ3v) is 1.65. The Morgan fingerprint density at radius 3 is 2.86 bits per heavy atom. The minimum absolute atomic E-state index is 0.243. The highest BCUT2D eigenvalue weighted by Crippen LogP contribution is 2.19. The number of benzene rings is 1. The number of hydrogen-bond acceptors (Lipinski definition) is 3. The monoisotopic (exact) mass is 198 g/mol. The average Bonchev–Trinajstić information content (AvgIpc) is 2.14. The van der Waals surface area contributed by atoms with E-state index in [0.717, 1.165) is 6.07 Å². The number of aromatic hydroxyl groups is 1. The molecule has 0 spiro atoms. The molecule has 0 heterocycles. The molecule has 0 aliphatic carbocycles. The summed E-state index contributed by atoms with van der Waals surface area (Å²) in [5.74, 6) is -1.79. The molecule has 4 nitrogen and oxygen atoms in total. The summed E-state index contributed by atoms with van der Waals surface area (Å²) < 4.78 is 13.1. The second-order valence-electron chi connectivity index (χ2n) is 2.68. The Hall–Kier alpha value is -1.62. The van der Waals surface area contributed by atoms with Crippen LogP contribution < -0.4 is 11.1 Å². The largest absolute Gasteiger partial charge is 0.507 e. The molecule has 0 saturated carbocycles. The number of hydrogen-bond donors (Lipinski definition) is 3. The van der Waals surface area contributed by atoms with Crippen molar-refractivity contribution in [2.45, 2.75) is 0 Å². The van der Waals surface area contributed by atoms with Crippen LogP contribution in [0.2, 0.25) is 0 Å². The fourth-order valence-electron chi connectivity index (χ4n) is 1.01. The number of carbonyl (C=O) groups excluding carboxylic acids is 1. The van der Waals surface area contributed by atoms with Gasteiger partial charge in [-0.25, -0.2) is 4.39 Å². The summed E-state index contributed by atoms with van der Waals surface area (Å²) in [6, 6.07) is 3.68. The topological polar surface area (TPSA) is 75.3 Å². The Kier molecular flexibility index (Phi) is 3.41. The Morgan fingerprint density at radius 1 is 1.57 bits per heavy atom. The van der Waals surface area contributed by atoms with Gasteiger partial charge in [-0.2, -0.15) is 0 Å². The van der Waals surface area contributed by atoms with Gasteiger partial charge in [-0.05, 0) is 12.1 Å². The minimum atomic E-state index is -0.750. The van der Waals surface area contributed by atoms with Gasteiger partial charge in [-0.3, -0.25) is 4.79 Å². The van der Waals surface area contributed by atoms with E-state index < -0.39 is 11.7 Å². The molecular formula is C9H11FN2O2. The lowest BCUT2D eigenvalue weighted by Crippen LogP contribution is -2.29. The molecule has 0 aromatic heterocycles. The van der Waals surface area contributed by atoms with Gasteiger partial charge in [0.1, 0.15) is 17.1 Å². The zero-order valence-corrected chi connectivity index (χ0v) is 7.46. The molecule has 0 radical (unpaired) electrons. The molecule has 0 atom stereocenters. The number of nitrogens with one attached hydrogen (secondary N) is 1. The summed E-state index contributed by atoms with van der Waals surface area (Å²) >= 11 is 0. The lowest BCUT2D eigenvalue weighted by Gasteiger charge is -2.05. The maximum Gasteiger partial charge on any atom is 0.258 e. The molecule has 0 bridgehead atoms. The van der Waals surface area contributed by atoms with Gasteiger partial charge in [0.05, 0.1) is 0 Å². The van der Waals surface area contributed by atoms with E-state index in [2.05, 4.69) is 5.32 Å². The van der Waals surface area contributed by atoms with Crippen LogP contribution in [-0.4, -0.2) is 24.1 Å². The van der Waals surface area contributed by atoms with Gasteiger partial charge < -0.3 is 16.2 Å². The molecule has 1 aromatic rings. The summed E-state index contributed by atoms with van der Waals surface area (Å²) in [5, 5.41) is 11.6. The number of amides is 1. The highest BCUT2D eigenvalue weighted by atomic mass is 19.1. The summed E-state index contributed by atoms with van der Waals surface area (Å²) in [6.07, 6.45) is 0. The molecule has 0 saturated heterocycles. The highest BCUT2D eigenvalue weighted by Gasteiger charge is 2.15. The first-order chi connectivity index (χ1) is 6.66. The molecule has 0 fully saturated rings. The lowest BCUT2D eigenvalue weighted by molar-refractivity contribution is 0.0948. The van der Waals surface area contributed by atoms with Crippen molar-refractivity contribution >= 4 is 5.91 Å². The van der Waals surface area contributed by atoms with Crippen LogP contribution in [0.1, 0.15) is 10.4 Å². The van der Waals surface area contributed by atoms with E-state index in [1.54, 1.807) is 0 Å². The van der Waals surface area contributed by atoms with E-state index in [0.29, 0.717) is 0 Å². The standard InChI is InChI=1S/C9H11FN2O2/c10-6-2-1-3-7(13)8(6)9(14)12-5-4-11/h1-3,13H,4-5,11H2,(H,12,14). The van der Waals surface area contributed by atoms with Crippen LogP contribution >= 0.6 is 0 Å². The zero-order valence-electron chi connectivity index (χ0n) is 7.46. The van der Waals surface area contributed by atoms with Crippen molar-refractivity contribution in [3.8, 4) is 5.75 Å². The Balaban J connectivity index is 2.89. The first-order valence-corrected chi connectivity index (χ1v) is 4.12. The average molecular weight is 198 g/mol. The number of nitrogens with two attached hydrogens (primary N) is 1. The van der Waals surface area contributed by atoms with Gasteiger partial charge in [0, 0.05) is 13.1 Å². The fourth-order valence-corrected chi connectivity index (χ4v) is 1.01. The van der Waals surface area contributed by atoms with Crippen LogP contribution in [0.25, 0.3) is 0 Å². The predicted molar refractivity (Wildman–Crippen MR) is 49.5 cm³/mol. The number of rotatable bonds is 3. The lowest BCUT2D eigenvalue weighted by atomic mass is 10.2. The van der Waals surface area contributed by atoms with Crippen LogP contribution in [0.15, 0.2) is 18.2 Å². The fraction of sp³-hybridized carbons (Fsp3) is 0.222. The number of halogens is 1. The van der Waals surface area contributed by atoms with Crippen molar-refractivity contribution in [3.05, 3.63) is 29.6 Å². The summed E-state index contributed by atoms with van der Waals surface area (Å²) in [7, 11) is 0. The molecule has 4 N–H and O–H groups in total. The zero-order chi connectivity index (χ0) is 10.6. The third-order valence-electron chi connectivity index (χ3n) is 1.65. The Morgan fingerprint density at radius 2 is 2.29 bits per heavy atom. The van der Waals surface area contributed by atoms with Gasteiger partial charge >= 0.3 is 0 Å². The molecule has 5 heteroatoms.